The summed E-state index contributed by atoms with van der Waals surface area (Å²) in [4.78, 5) is 25.3. The van der Waals surface area contributed by atoms with Gasteiger partial charge < -0.3 is 5.32 Å². The number of thioether (sulfide) groups is 1. The van der Waals surface area contributed by atoms with Crippen LogP contribution in [-0.2, 0) is 11.2 Å². The predicted molar refractivity (Wildman–Crippen MR) is 98.2 cm³/mol. The molecule has 0 spiro atoms. The topological polar surface area (TPSA) is 93.0 Å². The number of benzene rings is 1. The number of hydrogen-bond donors (Lipinski definition) is 1. The number of tetrazole rings is 1. The van der Waals surface area contributed by atoms with E-state index in [2.05, 4.69) is 39.9 Å². The molecule has 1 saturated heterocycles. The Balaban J connectivity index is 1.70. The summed E-state index contributed by atoms with van der Waals surface area (Å²) in [7, 11) is 0. The summed E-state index contributed by atoms with van der Waals surface area (Å²) in [5.41, 5.74) is 2.12. The smallest absolute Gasteiger partial charge is 0.324 e. The molecule has 0 saturated carbocycles. The molecule has 1 aromatic carbocycles. The SMILES string of the molecule is CCCCc1ccc(-n2nnnc2SC(C)C(=O)N2CCNC2=O)cc1. The van der Waals surface area contributed by atoms with Crippen LogP contribution in [0.3, 0.4) is 0 Å². The molecule has 1 aromatic heterocycles. The summed E-state index contributed by atoms with van der Waals surface area (Å²) >= 11 is 1.24. The van der Waals surface area contributed by atoms with E-state index in [1.165, 1.54) is 22.2 Å². The lowest BCUT2D eigenvalue weighted by Gasteiger charge is -2.16. The molecule has 1 fully saturated rings. The number of imide groups is 1. The predicted octanol–water partition coefficient (Wildman–Crippen LogP) is 2.04. The molecule has 1 aliphatic rings. The third kappa shape index (κ3) is 4.04. The highest BCUT2D eigenvalue weighted by Crippen LogP contribution is 2.24. The first-order chi connectivity index (χ1) is 12.6. The highest BCUT2D eigenvalue weighted by Gasteiger charge is 2.31. The zero-order valence-corrected chi connectivity index (χ0v) is 15.7. The summed E-state index contributed by atoms with van der Waals surface area (Å²) in [5, 5.41) is 14.5. The van der Waals surface area contributed by atoms with Crippen molar-refractivity contribution in [2.24, 2.45) is 0 Å². The molecule has 0 radical (unpaired) electrons. The van der Waals surface area contributed by atoms with Gasteiger partial charge in [-0.15, -0.1) is 5.10 Å². The average molecular weight is 374 g/mol. The number of carbonyl (C=O) groups excluding carboxylic acids is 2. The molecule has 3 amide bonds. The fourth-order valence-corrected chi connectivity index (χ4v) is 3.58. The normalized spacial score (nSPS) is 15.2. The molecule has 1 atom stereocenters. The molecule has 1 N–H and O–H groups in total. The molecule has 2 heterocycles. The summed E-state index contributed by atoms with van der Waals surface area (Å²) in [6.45, 7) is 4.81. The highest BCUT2D eigenvalue weighted by atomic mass is 32.2. The Bertz CT molecular complexity index is 776. The minimum atomic E-state index is -0.465. The zero-order valence-electron chi connectivity index (χ0n) is 14.9. The van der Waals surface area contributed by atoms with Gasteiger partial charge in [0.2, 0.25) is 11.1 Å². The fourth-order valence-electron chi connectivity index (χ4n) is 2.71. The van der Waals surface area contributed by atoms with E-state index in [0.717, 1.165) is 24.9 Å². The molecule has 26 heavy (non-hydrogen) atoms. The lowest BCUT2D eigenvalue weighted by molar-refractivity contribution is -0.126. The Morgan fingerprint density at radius 3 is 2.77 bits per heavy atom. The van der Waals surface area contributed by atoms with Crippen LogP contribution in [0, 0.1) is 0 Å². The molecule has 138 valence electrons. The van der Waals surface area contributed by atoms with Gasteiger partial charge in [-0.05, 0) is 47.9 Å². The van der Waals surface area contributed by atoms with Crippen molar-refractivity contribution >= 4 is 23.7 Å². The van der Waals surface area contributed by atoms with Crippen molar-refractivity contribution in [3.05, 3.63) is 29.8 Å². The summed E-state index contributed by atoms with van der Waals surface area (Å²) < 4.78 is 1.61. The van der Waals surface area contributed by atoms with Gasteiger partial charge in [-0.1, -0.05) is 37.2 Å². The number of aryl methyl sites for hydroxylation is 1. The summed E-state index contributed by atoms with van der Waals surface area (Å²) in [6, 6.07) is 7.76. The second kappa shape index (κ2) is 8.31. The lowest BCUT2D eigenvalue weighted by atomic mass is 10.1. The van der Waals surface area contributed by atoms with Gasteiger partial charge in [0, 0.05) is 13.1 Å². The first-order valence-electron chi connectivity index (χ1n) is 8.73. The van der Waals surface area contributed by atoms with Crippen LogP contribution in [0.5, 0.6) is 0 Å². The van der Waals surface area contributed by atoms with Crippen LogP contribution in [0.15, 0.2) is 29.4 Å². The van der Waals surface area contributed by atoms with Crippen molar-refractivity contribution in [3.63, 3.8) is 0 Å². The van der Waals surface area contributed by atoms with Gasteiger partial charge in [0.05, 0.1) is 10.9 Å². The minimum Gasteiger partial charge on any atom is -0.336 e. The second-order valence-corrected chi connectivity index (χ2v) is 7.43. The van der Waals surface area contributed by atoms with Gasteiger partial charge in [-0.2, -0.15) is 4.68 Å². The van der Waals surface area contributed by atoms with Crippen LogP contribution in [-0.4, -0.2) is 55.4 Å². The van der Waals surface area contributed by atoms with E-state index >= 15 is 0 Å². The number of urea groups is 1. The van der Waals surface area contributed by atoms with Crippen molar-refractivity contribution in [3.8, 4) is 5.69 Å². The van der Waals surface area contributed by atoms with Crippen LogP contribution >= 0.6 is 11.8 Å². The molecule has 1 aliphatic heterocycles. The maximum Gasteiger partial charge on any atom is 0.324 e. The Morgan fingerprint density at radius 2 is 2.12 bits per heavy atom. The molecule has 0 aliphatic carbocycles. The van der Waals surface area contributed by atoms with Crippen LogP contribution in [0.2, 0.25) is 0 Å². The maximum absolute atomic E-state index is 12.4. The van der Waals surface area contributed by atoms with Gasteiger partial charge in [-0.25, -0.2) is 4.79 Å². The van der Waals surface area contributed by atoms with Gasteiger partial charge in [0.25, 0.3) is 0 Å². The molecule has 1 unspecified atom stereocenters. The van der Waals surface area contributed by atoms with Crippen molar-refractivity contribution in [1.29, 1.82) is 0 Å². The number of aromatic nitrogens is 4. The standard InChI is InChI=1S/C17H22N6O2S/c1-3-4-5-13-6-8-14(9-7-13)23-17(19-20-21-23)26-12(2)15(24)22-11-10-18-16(22)25/h6-9,12H,3-5,10-11H2,1-2H3,(H,18,25). The number of nitrogens with zero attached hydrogens (tertiary/aromatic N) is 5. The first-order valence-corrected chi connectivity index (χ1v) is 9.61. The fraction of sp³-hybridized carbons (Fsp3) is 0.471. The maximum atomic E-state index is 12.4. The van der Waals surface area contributed by atoms with Crippen molar-refractivity contribution in [1.82, 2.24) is 30.4 Å². The zero-order chi connectivity index (χ0) is 18.5. The number of rotatable bonds is 7. The van der Waals surface area contributed by atoms with E-state index in [1.807, 2.05) is 12.1 Å². The van der Waals surface area contributed by atoms with Gasteiger partial charge >= 0.3 is 6.03 Å². The number of unbranched alkanes of at least 4 members (excludes halogenated alkanes) is 1. The molecule has 3 rings (SSSR count). The molecule has 8 nitrogen and oxygen atoms in total. The summed E-state index contributed by atoms with van der Waals surface area (Å²) in [5.74, 6) is -0.241. The first kappa shape index (κ1) is 18.4. The van der Waals surface area contributed by atoms with Crippen LogP contribution in [0.1, 0.15) is 32.3 Å². The number of nitrogens with one attached hydrogen (secondary N) is 1. The Kier molecular flexibility index (Phi) is 5.87. The molecule has 0 bridgehead atoms. The van der Waals surface area contributed by atoms with Crippen molar-refractivity contribution in [2.75, 3.05) is 13.1 Å². The van der Waals surface area contributed by atoms with E-state index < -0.39 is 5.25 Å². The van der Waals surface area contributed by atoms with E-state index in [9.17, 15) is 9.59 Å². The largest absolute Gasteiger partial charge is 0.336 e. The number of amides is 3. The quantitative estimate of drug-likeness (QED) is 0.746. The molecule has 9 heteroatoms. The molecule has 2 aromatic rings. The monoisotopic (exact) mass is 374 g/mol. The number of carbonyl (C=O) groups is 2. The van der Waals surface area contributed by atoms with E-state index in [0.29, 0.717) is 18.2 Å². The van der Waals surface area contributed by atoms with Crippen molar-refractivity contribution in [2.45, 2.75) is 43.5 Å². The van der Waals surface area contributed by atoms with E-state index in [4.69, 9.17) is 0 Å². The third-order valence-corrected chi connectivity index (χ3v) is 5.21. The van der Waals surface area contributed by atoms with Gasteiger partial charge in [0.1, 0.15) is 0 Å². The lowest BCUT2D eigenvalue weighted by Crippen LogP contribution is -2.39. The van der Waals surface area contributed by atoms with Gasteiger partial charge in [-0.3, -0.25) is 9.69 Å². The Hall–Kier alpha value is -2.42. The van der Waals surface area contributed by atoms with E-state index in [1.54, 1.807) is 11.6 Å². The molecular weight excluding hydrogens is 352 g/mol. The highest BCUT2D eigenvalue weighted by molar-refractivity contribution is 8.00. The van der Waals surface area contributed by atoms with E-state index in [-0.39, 0.29) is 11.9 Å². The minimum absolute atomic E-state index is 0.241. The van der Waals surface area contributed by atoms with Crippen molar-refractivity contribution < 1.29 is 9.59 Å². The summed E-state index contributed by atoms with van der Waals surface area (Å²) in [6.07, 6.45) is 3.38. The Labute approximate surface area is 156 Å². The average Bonchev–Trinajstić information content (AvgIpc) is 3.28. The van der Waals surface area contributed by atoms with Gasteiger partial charge in [0.15, 0.2) is 0 Å². The number of hydrogen-bond acceptors (Lipinski definition) is 6. The van der Waals surface area contributed by atoms with Crippen LogP contribution < -0.4 is 5.32 Å². The Morgan fingerprint density at radius 1 is 1.35 bits per heavy atom. The second-order valence-electron chi connectivity index (χ2n) is 6.13. The van der Waals surface area contributed by atoms with Crippen LogP contribution in [0.4, 0.5) is 4.79 Å². The molecular formula is C17H22N6O2S. The van der Waals surface area contributed by atoms with Crippen LogP contribution in [0.25, 0.3) is 5.69 Å². The third-order valence-electron chi connectivity index (χ3n) is 4.19.